The number of aromatic nitrogens is 5. The quantitative estimate of drug-likeness (QED) is 0.103. The van der Waals surface area contributed by atoms with Crippen LogP contribution in [0.5, 0.6) is 11.5 Å². The summed E-state index contributed by atoms with van der Waals surface area (Å²) in [5, 5.41) is 2.20. The summed E-state index contributed by atoms with van der Waals surface area (Å²) in [5.41, 5.74) is 8.52. The standard InChI is InChI=1S/C53H51N5O/c1-35(2)25-37-27-38(26-36(3)4)29-42(28-37)56-34-57(49-16-12-11-15-48(49)56)51-33-44(22-24-54-51)59-43-18-19-45-46-30-40(39-13-9-8-10-14-39)17-20-47(46)58(50(45)32-43)52-31-41(21-23-55-52)53(5,6)7/h8-24,27-33,35-36H,25-26H2,1-7H3/i25D2,26D2. The molecule has 4 aromatic heterocycles. The van der Waals surface area contributed by atoms with Crippen LogP contribution in [-0.2, 0) is 18.2 Å². The minimum absolute atomic E-state index is 0.0634. The Morgan fingerprint density at radius 3 is 2.07 bits per heavy atom. The normalized spacial score (nSPS) is 13.6. The molecular formula is C53H51N5O. The van der Waals surface area contributed by atoms with Gasteiger partial charge >= 0.3 is 0 Å². The smallest absolute Gasteiger partial charge is 0.271 e. The molecule has 0 saturated heterocycles. The van der Waals surface area contributed by atoms with Crippen molar-refractivity contribution in [1.29, 1.82) is 0 Å². The molecule has 0 amide bonds. The number of imidazole rings is 1. The van der Waals surface area contributed by atoms with Crippen molar-refractivity contribution in [2.45, 2.75) is 66.6 Å². The van der Waals surface area contributed by atoms with E-state index in [-0.39, 0.29) is 17.3 Å². The number of ether oxygens (including phenoxy) is 1. The van der Waals surface area contributed by atoms with Gasteiger partial charge < -0.3 is 4.74 Å². The molecule has 59 heavy (non-hydrogen) atoms. The second-order valence-electron chi connectivity index (χ2n) is 16.8. The summed E-state index contributed by atoms with van der Waals surface area (Å²) in [7, 11) is 0. The third kappa shape index (κ3) is 7.63. The van der Waals surface area contributed by atoms with Crippen molar-refractivity contribution in [3.63, 3.8) is 0 Å². The number of hydrogen-bond donors (Lipinski definition) is 0. The molecule has 0 unspecified atom stereocenters. The van der Waals surface area contributed by atoms with E-state index in [9.17, 15) is 0 Å². The number of hydrogen-bond acceptors (Lipinski definition) is 3. The van der Waals surface area contributed by atoms with Gasteiger partial charge in [-0.05, 0) is 101 Å². The van der Waals surface area contributed by atoms with Crippen LogP contribution in [0.4, 0.5) is 0 Å². The number of para-hydroxylation sites is 2. The lowest BCUT2D eigenvalue weighted by atomic mass is 9.88. The largest absolute Gasteiger partial charge is 0.458 e. The summed E-state index contributed by atoms with van der Waals surface area (Å²) in [4.78, 5) is 9.67. The van der Waals surface area contributed by atoms with Crippen LogP contribution in [0.1, 0.15) is 70.6 Å². The number of nitrogens with zero attached hydrogens (tertiary/aromatic N) is 5. The zero-order chi connectivity index (χ0) is 44.4. The van der Waals surface area contributed by atoms with Crippen LogP contribution in [0.3, 0.4) is 0 Å². The molecule has 0 atom stereocenters. The van der Waals surface area contributed by atoms with Crippen LogP contribution in [0, 0.1) is 18.2 Å². The molecule has 5 aromatic carbocycles. The molecule has 0 fully saturated rings. The average molecular weight is 778 g/mol. The molecule has 294 valence electrons. The fourth-order valence-electron chi connectivity index (χ4n) is 7.85. The van der Waals surface area contributed by atoms with Gasteiger partial charge in [0.25, 0.3) is 6.33 Å². The molecule has 9 rings (SSSR count). The molecule has 0 aliphatic heterocycles. The first-order valence-corrected chi connectivity index (χ1v) is 20.4. The van der Waals surface area contributed by atoms with Gasteiger partial charge in [0, 0.05) is 40.8 Å². The summed E-state index contributed by atoms with van der Waals surface area (Å²) >= 11 is 0. The van der Waals surface area contributed by atoms with Crippen LogP contribution in [0.2, 0.25) is 0 Å². The van der Waals surface area contributed by atoms with Gasteiger partial charge in [-0.1, -0.05) is 126 Å². The van der Waals surface area contributed by atoms with Gasteiger partial charge in [-0.2, -0.15) is 0 Å². The van der Waals surface area contributed by atoms with Gasteiger partial charge in [0.15, 0.2) is 5.82 Å². The lowest BCUT2D eigenvalue weighted by Crippen LogP contribution is -2.30. The highest BCUT2D eigenvalue weighted by Crippen LogP contribution is 2.38. The van der Waals surface area contributed by atoms with Crippen molar-refractivity contribution in [3.8, 4) is 39.9 Å². The second-order valence-corrected chi connectivity index (χ2v) is 16.8. The predicted octanol–water partition coefficient (Wildman–Crippen LogP) is 12.7. The van der Waals surface area contributed by atoms with Gasteiger partial charge in [-0.3, -0.25) is 18.7 Å². The highest BCUT2D eigenvalue weighted by Gasteiger charge is 2.20. The minimum Gasteiger partial charge on any atom is -0.458 e. The Morgan fingerprint density at radius 1 is 0.627 bits per heavy atom. The molecule has 0 aliphatic carbocycles. The van der Waals surface area contributed by atoms with Gasteiger partial charge in [0.2, 0.25) is 0 Å². The number of rotatable bonds is 10. The molecule has 6 nitrogen and oxygen atoms in total. The van der Waals surface area contributed by atoms with Crippen molar-refractivity contribution in [1.82, 2.24) is 19.1 Å². The first-order chi connectivity index (χ1) is 30.0. The number of benzene rings is 5. The summed E-state index contributed by atoms with van der Waals surface area (Å²) in [6.45, 7) is 14.0. The van der Waals surface area contributed by atoms with E-state index in [1.165, 1.54) is 5.56 Å². The van der Waals surface area contributed by atoms with Crippen molar-refractivity contribution in [2.75, 3.05) is 0 Å². The van der Waals surface area contributed by atoms with E-state index in [1.807, 2.05) is 104 Å². The van der Waals surface area contributed by atoms with Crippen molar-refractivity contribution < 1.29 is 14.8 Å². The number of pyridine rings is 2. The molecule has 6 heteroatoms. The van der Waals surface area contributed by atoms with Crippen LogP contribution in [0.15, 0.2) is 146 Å². The second kappa shape index (κ2) is 15.3. The Balaban J connectivity index is 1.14. The summed E-state index contributed by atoms with van der Waals surface area (Å²) in [6, 6.07) is 44.4. The van der Waals surface area contributed by atoms with E-state index in [0.717, 1.165) is 49.8 Å². The minimum atomic E-state index is -1.70. The van der Waals surface area contributed by atoms with E-state index in [2.05, 4.69) is 98.4 Å². The molecule has 0 N–H and O–H groups in total. The highest BCUT2D eigenvalue weighted by atomic mass is 16.5. The molecule has 0 bridgehead atoms. The Hall–Kier alpha value is -6.53. The molecular weight excluding hydrogens is 723 g/mol. The first-order valence-electron chi connectivity index (χ1n) is 22.4. The maximum Gasteiger partial charge on any atom is 0.271 e. The average Bonchev–Trinajstić information content (AvgIpc) is 3.82. The van der Waals surface area contributed by atoms with E-state index in [4.69, 9.17) is 20.2 Å². The fourth-order valence-corrected chi connectivity index (χ4v) is 7.85. The maximum atomic E-state index is 9.00. The van der Waals surface area contributed by atoms with Gasteiger partial charge in [0.05, 0.1) is 27.8 Å². The fraction of sp³-hybridized carbons (Fsp3) is 0.226. The van der Waals surface area contributed by atoms with Gasteiger partial charge in [-0.15, -0.1) is 0 Å². The van der Waals surface area contributed by atoms with E-state index in [1.54, 1.807) is 12.3 Å². The topological polar surface area (TPSA) is 48.8 Å². The Labute approximate surface area is 353 Å². The molecule has 0 spiro atoms. The SMILES string of the molecule is [2H]C([2H])(c1cc(-[n+]2[c-]n(-c3cc(Oc4ccc5c6cc(-c7ccccc7)ccc6n(-c6cc(C(C)(C)C)ccn6)c5c4)ccn3)c3ccccc32)cc(C([2H])([2H])C(C)C)c1)C(C)C. The molecule has 0 saturated carbocycles. The van der Waals surface area contributed by atoms with Crippen molar-refractivity contribution in [3.05, 3.63) is 169 Å². The summed E-state index contributed by atoms with van der Waals surface area (Å²) in [6.07, 6.45) is 3.70. The molecule has 0 radical (unpaired) electrons. The van der Waals surface area contributed by atoms with E-state index < -0.39 is 12.7 Å². The Morgan fingerprint density at radius 2 is 1.32 bits per heavy atom. The molecule has 0 aliphatic rings. The van der Waals surface area contributed by atoms with Crippen molar-refractivity contribution >= 4 is 32.8 Å². The lowest BCUT2D eigenvalue weighted by molar-refractivity contribution is -0.572. The monoisotopic (exact) mass is 777 g/mol. The maximum absolute atomic E-state index is 9.00. The van der Waals surface area contributed by atoms with Crippen LogP contribution < -0.4 is 9.30 Å². The summed E-state index contributed by atoms with van der Waals surface area (Å²) < 4.78 is 48.6. The van der Waals surface area contributed by atoms with Crippen LogP contribution >= 0.6 is 0 Å². The number of fused-ring (bicyclic) bond motifs is 4. The zero-order valence-electron chi connectivity index (χ0n) is 38.7. The Bertz CT molecular complexity index is 3120. The molecule has 9 aromatic rings. The van der Waals surface area contributed by atoms with E-state index >= 15 is 0 Å². The van der Waals surface area contributed by atoms with Gasteiger partial charge in [-0.25, -0.2) is 4.98 Å². The summed E-state index contributed by atoms with van der Waals surface area (Å²) in [5.74, 6) is 1.97. The lowest BCUT2D eigenvalue weighted by Gasteiger charge is -2.20. The Kier molecular flexibility index (Phi) is 8.69. The zero-order valence-corrected chi connectivity index (χ0v) is 34.7. The van der Waals surface area contributed by atoms with E-state index in [0.29, 0.717) is 34.1 Å². The van der Waals surface area contributed by atoms with Crippen LogP contribution in [-0.4, -0.2) is 19.1 Å². The predicted molar refractivity (Wildman–Crippen MR) is 241 cm³/mol. The van der Waals surface area contributed by atoms with Crippen molar-refractivity contribution in [2.24, 2.45) is 11.8 Å². The third-order valence-corrected chi connectivity index (χ3v) is 10.5. The highest BCUT2D eigenvalue weighted by molar-refractivity contribution is 6.10. The molecule has 4 heterocycles. The van der Waals surface area contributed by atoms with Crippen LogP contribution in [0.25, 0.3) is 61.3 Å². The van der Waals surface area contributed by atoms with Gasteiger partial charge in [0.1, 0.15) is 17.3 Å². The first kappa shape index (κ1) is 33.4. The third-order valence-electron chi connectivity index (χ3n) is 10.5.